The summed E-state index contributed by atoms with van der Waals surface area (Å²) in [7, 11) is 0. The van der Waals surface area contributed by atoms with Gasteiger partial charge in [0.1, 0.15) is 0 Å². The van der Waals surface area contributed by atoms with E-state index in [4.69, 9.17) is 0 Å². The molecular formula is C70H64N2. The first-order chi connectivity index (χ1) is 34.6. The topological polar surface area (TPSA) is 6.48 Å². The Morgan fingerprint density at radius 3 is 0.875 bits per heavy atom. The predicted octanol–water partition coefficient (Wildman–Crippen LogP) is 19.4. The van der Waals surface area contributed by atoms with Crippen LogP contribution in [0.15, 0.2) is 182 Å². The maximum Gasteiger partial charge on any atom is 0.0466 e. The third-order valence-corrected chi connectivity index (χ3v) is 15.3. The van der Waals surface area contributed by atoms with Crippen LogP contribution in [0.2, 0.25) is 0 Å². The zero-order chi connectivity index (χ0) is 50.1. The van der Waals surface area contributed by atoms with Crippen LogP contribution in [-0.4, -0.2) is 0 Å². The van der Waals surface area contributed by atoms with Crippen molar-refractivity contribution in [3.05, 3.63) is 260 Å². The van der Waals surface area contributed by atoms with Gasteiger partial charge in [-0.25, -0.2) is 0 Å². The number of nitrogens with zero attached hydrogens (tertiary/aromatic N) is 2. The molecule has 2 aliphatic carbocycles. The molecule has 0 unspecified atom stereocenters. The molecule has 2 heteroatoms. The zero-order valence-electron chi connectivity index (χ0n) is 43.5. The summed E-state index contributed by atoms with van der Waals surface area (Å²) in [4.78, 5) is 4.81. The number of aryl methyl sites for hydroxylation is 6. The van der Waals surface area contributed by atoms with Crippen molar-refractivity contribution in [1.29, 1.82) is 0 Å². The van der Waals surface area contributed by atoms with Crippen molar-refractivity contribution in [2.45, 2.75) is 80.1 Å². The van der Waals surface area contributed by atoms with Gasteiger partial charge in [-0.1, -0.05) is 172 Å². The zero-order valence-corrected chi connectivity index (χ0v) is 43.5. The molecule has 0 amide bonds. The van der Waals surface area contributed by atoms with E-state index in [1.807, 2.05) is 0 Å². The minimum Gasteiger partial charge on any atom is -0.310 e. The Morgan fingerprint density at radius 1 is 0.250 bits per heavy atom. The van der Waals surface area contributed by atoms with Crippen LogP contribution < -0.4 is 9.80 Å². The molecule has 9 aromatic carbocycles. The first kappa shape index (κ1) is 46.4. The lowest BCUT2D eigenvalue weighted by atomic mass is 9.81. The highest BCUT2D eigenvalue weighted by Gasteiger charge is 2.37. The average Bonchev–Trinajstić information content (AvgIpc) is 3.71. The molecule has 0 aliphatic heterocycles. The maximum atomic E-state index is 2.42. The summed E-state index contributed by atoms with van der Waals surface area (Å²) in [6.07, 6.45) is 8.98. The lowest BCUT2D eigenvalue weighted by Crippen LogP contribution is -2.17. The number of fused-ring (bicyclic) bond motifs is 6. The Bertz CT molecular complexity index is 3340. The van der Waals surface area contributed by atoms with Gasteiger partial charge < -0.3 is 9.80 Å². The fourth-order valence-corrected chi connectivity index (χ4v) is 11.5. The van der Waals surface area contributed by atoms with E-state index in [2.05, 4.69) is 285 Å². The van der Waals surface area contributed by atoms with Crippen molar-refractivity contribution in [2.24, 2.45) is 0 Å². The Balaban J connectivity index is 0.803. The van der Waals surface area contributed by atoms with E-state index in [1.165, 1.54) is 123 Å². The first-order valence-corrected chi connectivity index (χ1v) is 25.5. The molecular weight excluding hydrogens is 869 g/mol. The highest BCUT2D eigenvalue weighted by atomic mass is 15.1. The molecule has 9 aromatic rings. The number of hydrogen-bond acceptors (Lipinski definition) is 2. The minimum atomic E-state index is -0.160. The Hall–Kier alpha value is -7.94. The molecule has 0 spiro atoms. The summed E-state index contributed by atoms with van der Waals surface area (Å²) in [6, 6.07) is 68.4. The summed E-state index contributed by atoms with van der Waals surface area (Å²) in [5.41, 5.74) is 29.8. The highest BCUT2D eigenvalue weighted by molar-refractivity contribution is 5.89. The van der Waals surface area contributed by atoms with Crippen molar-refractivity contribution < 1.29 is 0 Å². The molecule has 0 bridgehead atoms. The molecule has 72 heavy (non-hydrogen) atoms. The molecule has 2 aliphatic rings. The smallest absolute Gasteiger partial charge is 0.0466 e. The molecule has 11 rings (SSSR count). The summed E-state index contributed by atoms with van der Waals surface area (Å²) < 4.78 is 0. The lowest BCUT2D eigenvalue weighted by molar-refractivity contribution is 0.660. The summed E-state index contributed by atoms with van der Waals surface area (Å²) in [6.45, 7) is 22.5. The van der Waals surface area contributed by atoms with Crippen molar-refractivity contribution in [3.63, 3.8) is 0 Å². The van der Waals surface area contributed by atoms with E-state index in [-0.39, 0.29) is 10.8 Å². The highest BCUT2D eigenvalue weighted by Crippen LogP contribution is 2.53. The second kappa shape index (κ2) is 18.0. The standard InChI is InChI=1S/C70H64N2/c1-45-11-25-55(26-12-45)71(59-37-47(3)35-48(4)38-59)57-29-33-63-61-31-23-53(41-65(61)69(7,8)67(63)43-57)21-19-51-15-17-52(18-16-51)20-22-54-24-32-62-64-34-30-58(44-68(64)70(9,10)66(62)42-54)72(56-27-13-46(2)14-28-56)60-39-49(5)36-50(6)40-60/h11-44H,1-10H3. The van der Waals surface area contributed by atoms with Gasteiger partial charge in [-0.15, -0.1) is 0 Å². The molecule has 2 nitrogen and oxygen atoms in total. The van der Waals surface area contributed by atoms with E-state index in [1.54, 1.807) is 0 Å². The molecule has 0 saturated heterocycles. The quantitative estimate of drug-likeness (QED) is 0.126. The van der Waals surface area contributed by atoms with Crippen LogP contribution in [0.5, 0.6) is 0 Å². The van der Waals surface area contributed by atoms with Crippen LogP contribution in [0.25, 0.3) is 46.6 Å². The largest absolute Gasteiger partial charge is 0.310 e. The normalized spacial score (nSPS) is 13.8. The van der Waals surface area contributed by atoms with E-state index in [9.17, 15) is 0 Å². The van der Waals surface area contributed by atoms with Gasteiger partial charge in [-0.2, -0.15) is 0 Å². The number of benzene rings is 9. The summed E-state index contributed by atoms with van der Waals surface area (Å²) >= 11 is 0. The third-order valence-electron chi connectivity index (χ3n) is 15.3. The van der Waals surface area contributed by atoms with Gasteiger partial charge in [0.05, 0.1) is 0 Å². The van der Waals surface area contributed by atoms with Gasteiger partial charge in [0, 0.05) is 45.0 Å². The van der Waals surface area contributed by atoms with Crippen LogP contribution in [0.4, 0.5) is 34.1 Å². The van der Waals surface area contributed by atoms with Gasteiger partial charge in [-0.05, 0) is 203 Å². The maximum absolute atomic E-state index is 2.42. The molecule has 0 fully saturated rings. The van der Waals surface area contributed by atoms with Crippen molar-refractivity contribution in [2.75, 3.05) is 9.80 Å². The number of hydrogen-bond donors (Lipinski definition) is 0. The van der Waals surface area contributed by atoms with E-state index < -0.39 is 0 Å². The van der Waals surface area contributed by atoms with E-state index in [0.29, 0.717) is 0 Å². The fourth-order valence-electron chi connectivity index (χ4n) is 11.5. The Morgan fingerprint density at radius 2 is 0.528 bits per heavy atom. The first-order valence-electron chi connectivity index (χ1n) is 25.5. The molecule has 0 saturated carbocycles. The van der Waals surface area contributed by atoms with Crippen LogP contribution in [0.1, 0.15) is 106 Å². The van der Waals surface area contributed by atoms with Gasteiger partial charge in [0.25, 0.3) is 0 Å². The van der Waals surface area contributed by atoms with E-state index in [0.717, 1.165) is 11.4 Å². The van der Waals surface area contributed by atoms with Gasteiger partial charge in [0.15, 0.2) is 0 Å². The molecule has 0 atom stereocenters. The van der Waals surface area contributed by atoms with Crippen LogP contribution >= 0.6 is 0 Å². The van der Waals surface area contributed by atoms with Gasteiger partial charge in [-0.3, -0.25) is 0 Å². The number of rotatable bonds is 10. The molecule has 354 valence electrons. The van der Waals surface area contributed by atoms with Crippen LogP contribution in [0.3, 0.4) is 0 Å². The summed E-state index contributed by atoms with van der Waals surface area (Å²) in [5, 5.41) is 0. The predicted molar refractivity (Wildman–Crippen MR) is 310 cm³/mol. The number of anilines is 6. The van der Waals surface area contributed by atoms with Crippen molar-refractivity contribution in [3.8, 4) is 22.3 Å². The monoisotopic (exact) mass is 933 g/mol. The third kappa shape index (κ3) is 8.60. The van der Waals surface area contributed by atoms with Crippen molar-refractivity contribution in [1.82, 2.24) is 0 Å². The Kier molecular flexibility index (Phi) is 11.6. The van der Waals surface area contributed by atoms with Gasteiger partial charge in [0.2, 0.25) is 0 Å². The Labute approximate surface area is 428 Å². The van der Waals surface area contributed by atoms with E-state index >= 15 is 0 Å². The average molecular weight is 933 g/mol. The fraction of sp³-hybridized carbons (Fsp3) is 0.171. The second-order valence-corrected chi connectivity index (χ2v) is 21.7. The molecule has 0 N–H and O–H groups in total. The van der Waals surface area contributed by atoms with Gasteiger partial charge >= 0.3 is 0 Å². The lowest BCUT2D eigenvalue weighted by Gasteiger charge is -2.28. The van der Waals surface area contributed by atoms with Crippen LogP contribution in [0, 0.1) is 41.5 Å². The van der Waals surface area contributed by atoms with Crippen molar-refractivity contribution >= 4 is 58.4 Å². The minimum absolute atomic E-state index is 0.160. The SMILES string of the molecule is Cc1ccc(N(c2cc(C)cc(C)c2)c2ccc3c(c2)C(C)(C)c2cc(C=Cc4ccc(C=Cc5ccc6c(c5)C(C)(C)c5cc(N(c7ccc(C)cc7)c7cc(C)cc(C)c7)ccc5-6)cc4)ccc2-3)cc1. The van der Waals surface area contributed by atoms with Crippen LogP contribution in [-0.2, 0) is 10.8 Å². The second-order valence-electron chi connectivity index (χ2n) is 21.7. The summed E-state index contributed by atoms with van der Waals surface area (Å²) in [5.74, 6) is 0. The molecule has 0 aromatic heterocycles. The molecule has 0 heterocycles. The molecule has 0 radical (unpaired) electrons.